The van der Waals surface area contributed by atoms with E-state index in [1.165, 1.54) is 13.8 Å². The molecule has 2 aromatic rings. The Morgan fingerprint density at radius 2 is 1.17 bits per heavy atom. The van der Waals surface area contributed by atoms with Crippen molar-refractivity contribution in [2.75, 3.05) is 13.2 Å². The van der Waals surface area contributed by atoms with E-state index in [1.54, 1.807) is 39.0 Å². The van der Waals surface area contributed by atoms with Gasteiger partial charge in [-0.15, -0.1) is 0 Å². The molecule has 0 unspecified atom stereocenters. The summed E-state index contributed by atoms with van der Waals surface area (Å²) >= 11 is 10.1. The molecule has 0 saturated heterocycles. The van der Waals surface area contributed by atoms with E-state index in [-0.39, 0.29) is 31.2 Å². The van der Waals surface area contributed by atoms with Crippen LogP contribution in [0, 0.1) is 5.41 Å². The lowest BCUT2D eigenvalue weighted by Gasteiger charge is -2.25. The number of esters is 2. The highest BCUT2D eigenvalue weighted by atomic mass is 79.9. The number of benzene rings is 2. The maximum absolute atomic E-state index is 12.3. The summed E-state index contributed by atoms with van der Waals surface area (Å²) in [7, 11) is 0. The van der Waals surface area contributed by atoms with E-state index in [0.717, 1.165) is 26.5 Å². The standard InChI is InChI=1S/C17H21BrO5.C9H8Br2O/c1-5-22-15(20)17(4,16(21)23-6-2)10-13-8-7-12(11(3)19)9-14(13)18;1-6(12)7-2-3-8(5-10)9(11)4-7/h7-9H,5-6,10H2,1-4H3;2-4H,5H2,1H3. The second-order valence-electron chi connectivity index (χ2n) is 7.81. The fraction of sp³-hybridized carbons (Fsp3) is 0.385. The molecule has 0 aliphatic heterocycles. The summed E-state index contributed by atoms with van der Waals surface area (Å²) < 4.78 is 11.7. The summed E-state index contributed by atoms with van der Waals surface area (Å²) in [5, 5.41) is 0.797. The molecule has 2 aromatic carbocycles. The lowest BCUT2D eigenvalue weighted by atomic mass is 9.83. The molecule has 9 heteroatoms. The van der Waals surface area contributed by atoms with Crippen LogP contribution in [0.5, 0.6) is 0 Å². The van der Waals surface area contributed by atoms with Gasteiger partial charge in [-0.05, 0) is 57.9 Å². The minimum absolute atomic E-state index is 0.0594. The summed E-state index contributed by atoms with van der Waals surface area (Å²) in [4.78, 5) is 46.9. The van der Waals surface area contributed by atoms with Crippen molar-refractivity contribution in [3.8, 4) is 0 Å². The molecule has 0 aromatic heterocycles. The van der Waals surface area contributed by atoms with Gasteiger partial charge in [0.1, 0.15) is 0 Å². The van der Waals surface area contributed by atoms with Crippen LogP contribution in [-0.4, -0.2) is 36.7 Å². The van der Waals surface area contributed by atoms with Crippen LogP contribution in [-0.2, 0) is 30.8 Å². The van der Waals surface area contributed by atoms with Gasteiger partial charge in [0.05, 0.1) is 13.2 Å². The van der Waals surface area contributed by atoms with E-state index in [1.807, 2.05) is 18.2 Å². The highest BCUT2D eigenvalue weighted by molar-refractivity contribution is 9.11. The van der Waals surface area contributed by atoms with Gasteiger partial charge in [-0.3, -0.25) is 19.2 Å². The average Bonchev–Trinajstić information content (AvgIpc) is 2.80. The summed E-state index contributed by atoms with van der Waals surface area (Å²) in [6.07, 6.45) is 0.115. The fourth-order valence-electron chi connectivity index (χ4n) is 2.97. The Hall–Kier alpha value is -1.84. The number of alkyl halides is 1. The Morgan fingerprint density at radius 3 is 1.49 bits per heavy atom. The van der Waals surface area contributed by atoms with Gasteiger partial charge in [0.2, 0.25) is 0 Å². The van der Waals surface area contributed by atoms with Crippen molar-refractivity contribution in [2.45, 2.75) is 46.4 Å². The molecule has 35 heavy (non-hydrogen) atoms. The molecule has 0 aliphatic carbocycles. The molecule has 0 atom stereocenters. The molecule has 0 saturated carbocycles. The van der Waals surface area contributed by atoms with Crippen molar-refractivity contribution in [2.24, 2.45) is 5.41 Å². The SMILES string of the molecule is CC(=O)c1ccc(CBr)c(Br)c1.CCOC(=O)C(C)(Cc1ccc(C(C)=O)cc1Br)C(=O)OCC. The topological polar surface area (TPSA) is 86.7 Å². The second kappa shape index (κ2) is 14.7. The van der Waals surface area contributed by atoms with E-state index >= 15 is 0 Å². The first-order chi connectivity index (χ1) is 16.4. The first-order valence-corrected chi connectivity index (χ1v) is 13.6. The van der Waals surface area contributed by atoms with E-state index in [0.29, 0.717) is 10.0 Å². The van der Waals surface area contributed by atoms with Gasteiger partial charge in [-0.1, -0.05) is 72.1 Å². The lowest BCUT2D eigenvalue weighted by Crippen LogP contribution is -2.41. The second-order valence-corrected chi connectivity index (χ2v) is 10.1. The molecule has 0 radical (unpaired) electrons. The maximum atomic E-state index is 12.3. The molecular formula is C26H29Br3O6. The van der Waals surface area contributed by atoms with E-state index < -0.39 is 17.4 Å². The van der Waals surface area contributed by atoms with Crippen molar-refractivity contribution in [1.29, 1.82) is 0 Å². The Balaban J connectivity index is 0.000000427. The van der Waals surface area contributed by atoms with Crippen LogP contribution in [0.1, 0.15) is 66.5 Å². The molecule has 0 heterocycles. The first kappa shape index (κ1) is 31.2. The van der Waals surface area contributed by atoms with Gasteiger partial charge in [0, 0.05) is 31.8 Å². The third-order valence-electron chi connectivity index (χ3n) is 5.06. The Morgan fingerprint density at radius 1 is 0.771 bits per heavy atom. The molecule has 0 bridgehead atoms. The quantitative estimate of drug-likeness (QED) is 0.125. The number of ketones is 2. The third-order valence-corrected chi connectivity index (χ3v) is 7.14. The average molecular weight is 677 g/mol. The van der Waals surface area contributed by atoms with Crippen LogP contribution in [0.25, 0.3) is 0 Å². The zero-order valence-electron chi connectivity index (χ0n) is 20.4. The van der Waals surface area contributed by atoms with Gasteiger partial charge in [0.25, 0.3) is 0 Å². The number of ether oxygens (including phenoxy) is 2. The van der Waals surface area contributed by atoms with Gasteiger partial charge in [0.15, 0.2) is 17.0 Å². The summed E-state index contributed by atoms with van der Waals surface area (Å²) in [5.74, 6) is -1.21. The van der Waals surface area contributed by atoms with E-state index in [9.17, 15) is 19.2 Å². The number of hydrogen-bond acceptors (Lipinski definition) is 6. The van der Waals surface area contributed by atoms with Crippen molar-refractivity contribution < 1.29 is 28.7 Å². The summed E-state index contributed by atoms with van der Waals surface area (Å²) in [6.45, 7) is 8.27. The minimum atomic E-state index is -1.44. The molecule has 0 N–H and O–H groups in total. The first-order valence-electron chi connectivity index (χ1n) is 10.9. The van der Waals surface area contributed by atoms with Crippen molar-refractivity contribution in [1.82, 2.24) is 0 Å². The van der Waals surface area contributed by atoms with Crippen molar-refractivity contribution >= 4 is 71.3 Å². The third kappa shape index (κ3) is 8.95. The van der Waals surface area contributed by atoms with Crippen LogP contribution in [0.2, 0.25) is 0 Å². The Labute approximate surface area is 231 Å². The molecule has 0 amide bonds. The van der Waals surface area contributed by atoms with Gasteiger partial charge >= 0.3 is 11.9 Å². The fourth-order valence-corrected chi connectivity index (χ4v) is 4.88. The zero-order chi connectivity index (χ0) is 26.8. The minimum Gasteiger partial charge on any atom is -0.465 e. The number of carbonyl (C=O) groups is 4. The molecule has 190 valence electrons. The van der Waals surface area contributed by atoms with Crippen LogP contribution in [0.3, 0.4) is 0 Å². The predicted octanol–water partition coefficient (Wildman–Crippen LogP) is 6.87. The van der Waals surface area contributed by atoms with Gasteiger partial charge in [-0.2, -0.15) is 0 Å². The predicted molar refractivity (Wildman–Crippen MR) is 146 cm³/mol. The van der Waals surface area contributed by atoms with Crippen LogP contribution >= 0.6 is 47.8 Å². The van der Waals surface area contributed by atoms with Crippen LogP contribution < -0.4 is 0 Å². The number of hydrogen-bond donors (Lipinski definition) is 0. The maximum Gasteiger partial charge on any atom is 0.323 e. The molecule has 0 aliphatic rings. The molecular weight excluding hydrogens is 648 g/mol. The number of rotatable bonds is 9. The van der Waals surface area contributed by atoms with Crippen molar-refractivity contribution in [3.05, 3.63) is 67.6 Å². The van der Waals surface area contributed by atoms with Crippen molar-refractivity contribution in [3.63, 3.8) is 0 Å². The van der Waals surface area contributed by atoms with Crippen LogP contribution in [0.4, 0.5) is 0 Å². The number of halogens is 3. The monoisotopic (exact) mass is 674 g/mol. The smallest absolute Gasteiger partial charge is 0.323 e. The summed E-state index contributed by atoms with van der Waals surface area (Å²) in [5.41, 5.74) is 1.73. The zero-order valence-corrected chi connectivity index (χ0v) is 25.1. The largest absolute Gasteiger partial charge is 0.465 e. The van der Waals surface area contributed by atoms with Gasteiger partial charge < -0.3 is 9.47 Å². The van der Waals surface area contributed by atoms with E-state index in [4.69, 9.17) is 9.47 Å². The number of Topliss-reactive ketones (excluding diaryl/α,β-unsaturated/α-hetero) is 2. The molecule has 0 fully saturated rings. The Bertz CT molecular complexity index is 1060. The normalized spacial score (nSPS) is 10.6. The molecule has 6 nitrogen and oxygen atoms in total. The molecule has 0 spiro atoms. The highest BCUT2D eigenvalue weighted by Gasteiger charge is 2.44. The summed E-state index contributed by atoms with van der Waals surface area (Å²) in [6, 6.07) is 10.7. The molecule has 2 rings (SSSR count). The number of carbonyl (C=O) groups excluding carboxylic acids is 4. The van der Waals surface area contributed by atoms with Crippen LogP contribution in [0.15, 0.2) is 45.3 Å². The van der Waals surface area contributed by atoms with E-state index in [2.05, 4.69) is 47.8 Å². The highest BCUT2D eigenvalue weighted by Crippen LogP contribution is 2.31. The van der Waals surface area contributed by atoms with Gasteiger partial charge in [-0.25, -0.2) is 0 Å². The lowest BCUT2D eigenvalue weighted by molar-refractivity contribution is -0.170. The Kier molecular flexibility index (Phi) is 13.1.